The molecule has 1 aliphatic rings. The molecule has 1 aromatic carbocycles. The summed E-state index contributed by atoms with van der Waals surface area (Å²) in [5.74, 6) is 0. The van der Waals surface area contributed by atoms with Crippen molar-refractivity contribution in [3.8, 4) is 0 Å². The number of benzene rings is 1. The Balaban J connectivity index is 1.93. The zero-order valence-electron chi connectivity index (χ0n) is 11.6. The minimum absolute atomic E-state index is 0.218. The first-order valence-electron chi connectivity index (χ1n) is 6.58. The number of methoxy groups -OCH3 is 1. The third kappa shape index (κ3) is 3.55. The van der Waals surface area contributed by atoms with E-state index in [0.717, 1.165) is 26.2 Å². The Morgan fingerprint density at radius 1 is 1.33 bits per heavy atom. The van der Waals surface area contributed by atoms with E-state index < -0.39 is 0 Å². The highest BCUT2D eigenvalue weighted by molar-refractivity contribution is 5.29. The molecule has 100 valence electrons. The quantitative estimate of drug-likeness (QED) is 0.816. The van der Waals surface area contributed by atoms with Gasteiger partial charge in [0.1, 0.15) is 0 Å². The van der Waals surface area contributed by atoms with E-state index in [9.17, 15) is 0 Å². The molecule has 2 rings (SSSR count). The van der Waals surface area contributed by atoms with Gasteiger partial charge in [-0.1, -0.05) is 18.2 Å². The van der Waals surface area contributed by atoms with Gasteiger partial charge in [-0.3, -0.25) is 4.90 Å². The fourth-order valence-corrected chi connectivity index (χ4v) is 2.37. The SMILES string of the molecule is COCC1CN(Cc2ccc(C)c(C)c2)CCO1. The monoisotopic (exact) mass is 249 g/mol. The lowest BCUT2D eigenvalue weighted by Crippen LogP contribution is -2.43. The van der Waals surface area contributed by atoms with Crippen molar-refractivity contribution < 1.29 is 9.47 Å². The van der Waals surface area contributed by atoms with Crippen LogP contribution in [0.3, 0.4) is 0 Å². The fraction of sp³-hybridized carbons (Fsp3) is 0.600. The van der Waals surface area contributed by atoms with Crippen LogP contribution in [0.2, 0.25) is 0 Å². The van der Waals surface area contributed by atoms with Crippen LogP contribution in [0.1, 0.15) is 16.7 Å². The largest absolute Gasteiger partial charge is 0.382 e. The van der Waals surface area contributed by atoms with E-state index in [4.69, 9.17) is 9.47 Å². The average Bonchev–Trinajstić information content (AvgIpc) is 2.35. The highest BCUT2D eigenvalue weighted by atomic mass is 16.5. The van der Waals surface area contributed by atoms with Crippen LogP contribution in [0.4, 0.5) is 0 Å². The van der Waals surface area contributed by atoms with Crippen LogP contribution in [-0.4, -0.2) is 44.4 Å². The molecule has 1 heterocycles. The standard InChI is InChI=1S/C15H23NO2/c1-12-4-5-14(8-13(12)2)9-16-6-7-18-15(10-16)11-17-3/h4-5,8,15H,6-7,9-11H2,1-3H3. The summed E-state index contributed by atoms with van der Waals surface area (Å²) in [5, 5.41) is 0. The van der Waals surface area contributed by atoms with Crippen LogP contribution >= 0.6 is 0 Å². The van der Waals surface area contributed by atoms with Gasteiger partial charge in [-0.15, -0.1) is 0 Å². The van der Waals surface area contributed by atoms with Crippen LogP contribution in [0, 0.1) is 13.8 Å². The lowest BCUT2D eigenvalue weighted by molar-refractivity contribution is -0.0631. The van der Waals surface area contributed by atoms with Crippen molar-refractivity contribution in [1.82, 2.24) is 4.90 Å². The van der Waals surface area contributed by atoms with Gasteiger partial charge in [0.2, 0.25) is 0 Å². The molecular formula is C15H23NO2. The second-order valence-electron chi connectivity index (χ2n) is 5.10. The van der Waals surface area contributed by atoms with Crippen molar-refractivity contribution in [2.24, 2.45) is 0 Å². The number of nitrogens with zero attached hydrogens (tertiary/aromatic N) is 1. The minimum Gasteiger partial charge on any atom is -0.382 e. The molecule has 0 spiro atoms. The van der Waals surface area contributed by atoms with Gasteiger partial charge >= 0.3 is 0 Å². The number of aryl methyl sites for hydroxylation is 2. The highest BCUT2D eigenvalue weighted by Crippen LogP contribution is 2.14. The molecule has 1 aliphatic heterocycles. The summed E-state index contributed by atoms with van der Waals surface area (Å²) in [4.78, 5) is 2.44. The Kier molecular flexibility index (Phi) is 4.75. The Morgan fingerprint density at radius 3 is 2.89 bits per heavy atom. The third-order valence-corrected chi connectivity index (χ3v) is 3.55. The van der Waals surface area contributed by atoms with Gasteiger partial charge < -0.3 is 9.47 Å². The van der Waals surface area contributed by atoms with Crippen molar-refractivity contribution in [3.63, 3.8) is 0 Å². The molecule has 1 aromatic rings. The first-order valence-corrected chi connectivity index (χ1v) is 6.58. The van der Waals surface area contributed by atoms with Gasteiger partial charge in [0.05, 0.1) is 19.3 Å². The lowest BCUT2D eigenvalue weighted by atomic mass is 10.1. The lowest BCUT2D eigenvalue weighted by Gasteiger charge is -2.32. The van der Waals surface area contributed by atoms with Crippen LogP contribution in [-0.2, 0) is 16.0 Å². The van der Waals surface area contributed by atoms with Crippen LogP contribution in [0.15, 0.2) is 18.2 Å². The van der Waals surface area contributed by atoms with E-state index in [2.05, 4.69) is 36.9 Å². The van der Waals surface area contributed by atoms with Crippen LogP contribution < -0.4 is 0 Å². The number of rotatable bonds is 4. The molecule has 1 unspecified atom stereocenters. The number of hydrogen-bond acceptors (Lipinski definition) is 3. The molecular weight excluding hydrogens is 226 g/mol. The van der Waals surface area contributed by atoms with Gasteiger partial charge in [0.25, 0.3) is 0 Å². The summed E-state index contributed by atoms with van der Waals surface area (Å²) in [6, 6.07) is 6.72. The molecule has 0 amide bonds. The maximum Gasteiger partial charge on any atom is 0.0935 e. The zero-order chi connectivity index (χ0) is 13.0. The van der Waals surface area contributed by atoms with Crippen molar-refractivity contribution in [1.29, 1.82) is 0 Å². The van der Waals surface area contributed by atoms with E-state index in [0.29, 0.717) is 6.61 Å². The van der Waals surface area contributed by atoms with E-state index >= 15 is 0 Å². The topological polar surface area (TPSA) is 21.7 Å². The molecule has 0 aliphatic carbocycles. The van der Waals surface area contributed by atoms with Gasteiger partial charge in [-0.2, -0.15) is 0 Å². The van der Waals surface area contributed by atoms with Crippen LogP contribution in [0.25, 0.3) is 0 Å². The van der Waals surface area contributed by atoms with Crippen molar-refractivity contribution >= 4 is 0 Å². The van der Waals surface area contributed by atoms with Crippen molar-refractivity contribution in [2.75, 3.05) is 33.4 Å². The number of morpholine rings is 1. The third-order valence-electron chi connectivity index (χ3n) is 3.55. The van der Waals surface area contributed by atoms with E-state index in [-0.39, 0.29) is 6.10 Å². The van der Waals surface area contributed by atoms with Gasteiger partial charge in [0, 0.05) is 26.7 Å². The van der Waals surface area contributed by atoms with E-state index in [1.54, 1.807) is 7.11 Å². The minimum atomic E-state index is 0.218. The fourth-order valence-electron chi connectivity index (χ4n) is 2.37. The molecule has 1 saturated heterocycles. The molecule has 0 aromatic heterocycles. The molecule has 0 N–H and O–H groups in total. The van der Waals surface area contributed by atoms with Crippen molar-refractivity contribution in [2.45, 2.75) is 26.5 Å². The Morgan fingerprint density at radius 2 is 2.17 bits per heavy atom. The smallest absolute Gasteiger partial charge is 0.0935 e. The molecule has 18 heavy (non-hydrogen) atoms. The predicted molar refractivity (Wildman–Crippen MR) is 72.8 cm³/mol. The maximum absolute atomic E-state index is 5.66. The molecule has 3 nitrogen and oxygen atoms in total. The summed E-state index contributed by atoms with van der Waals surface area (Å²) >= 11 is 0. The number of hydrogen-bond donors (Lipinski definition) is 0. The summed E-state index contributed by atoms with van der Waals surface area (Å²) in [6.07, 6.45) is 0.218. The van der Waals surface area contributed by atoms with E-state index in [1.165, 1.54) is 16.7 Å². The molecule has 3 heteroatoms. The highest BCUT2D eigenvalue weighted by Gasteiger charge is 2.20. The first kappa shape index (κ1) is 13.5. The van der Waals surface area contributed by atoms with Gasteiger partial charge in [-0.05, 0) is 30.5 Å². The number of ether oxygens (including phenoxy) is 2. The summed E-state index contributed by atoms with van der Waals surface area (Å²) < 4.78 is 10.8. The molecule has 0 radical (unpaired) electrons. The molecule has 0 saturated carbocycles. The second-order valence-corrected chi connectivity index (χ2v) is 5.10. The molecule has 0 bridgehead atoms. The first-order chi connectivity index (χ1) is 8.69. The maximum atomic E-state index is 5.66. The van der Waals surface area contributed by atoms with E-state index in [1.807, 2.05) is 0 Å². The normalized spacial score (nSPS) is 21.2. The second kappa shape index (κ2) is 6.32. The molecule has 1 fully saturated rings. The predicted octanol–water partition coefficient (Wildman–Crippen LogP) is 2.15. The summed E-state index contributed by atoms with van der Waals surface area (Å²) in [5.41, 5.74) is 4.11. The average molecular weight is 249 g/mol. The van der Waals surface area contributed by atoms with Gasteiger partial charge in [0.15, 0.2) is 0 Å². The van der Waals surface area contributed by atoms with Crippen molar-refractivity contribution in [3.05, 3.63) is 34.9 Å². The molecule has 1 atom stereocenters. The Bertz CT molecular complexity index is 390. The summed E-state index contributed by atoms with van der Waals surface area (Å²) in [6.45, 7) is 8.79. The van der Waals surface area contributed by atoms with Gasteiger partial charge in [-0.25, -0.2) is 0 Å². The Labute approximate surface area is 110 Å². The van der Waals surface area contributed by atoms with Crippen LogP contribution in [0.5, 0.6) is 0 Å². The summed E-state index contributed by atoms with van der Waals surface area (Å²) in [7, 11) is 1.73. The Hall–Kier alpha value is -0.900. The zero-order valence-corrected chi connectivity index (χ0v) is 11.6.